The van der Waals surface area contributed by atoms with E-state index in [4.69, 9.17) is 15.1 Å². The summed E-state index contributed by atoms with van der Waals surface area (Å²) in [6.45, 7) is 4.93. The minimum Gasteiger partial charge on any atom is -0.480 e. The molecule has 0 radical (unpaired) electrons. The van der Waals surface area contributed by atoms with Gasteiger partial charge in [-0.3, -0.25) is 9.59 Å². The van der Waals surface area contributed by atoms with Crippen molar-refractivity contribution in [2.24, 2.45) is 5.41 Å². The maximum atomic E-state index is 11.7. The van der Waals surface area contributed by atoms with Gasteiger partial charge in [-0.1, -0.05) is 20.8 Å². The van der Waals surface area contributed by atoms with Gasteiger partial charge in [-0.15, -0.1) is 0 Å². The van der Waals surface area contributed by atoms with Gasteiger partial charge in [0.2, 0.25) is 0 Å². The van der Waals surface area contributed by atoms with Gasteiger partial charge in [0.1, 0.15) is 6.07 Å². The molecule has 1 unspecified atom stereocenters. The summed E-state index contributed by atoms with van der Waals surface area (Å²) in [5, 5.41) is 17.7. The van der Waals surface area contributed by atoms with Crippen LogP contribution in [0.3, 0.4) is 0 Å². The smallest absolute Gasteiger partial charge is 0.324 e. The number of hydrogen-bond donors (Lipinski definition) is 1. The SMILES string of the molecule is CCC(C#N)OC(=O)C(CC)(CC)C(=O)O. The number of esters is 1. The summed E-state index contributed by atoms with van der Waals surface area (Å²) in [6, 6.07) is 1.81. The Kier molecular flexibility index (Phi) is 5.51. The van der Waals surface area contributed by atoms with Gasteiger partial charge < -0.3 is 9.84 Å². The van der Waals surface area contributed by atoms with Crippen molar-refractivity contribution in [2.45, 2.75) is 46.1 Å². The molecule has 0 saturated carbocycles. The number of carbonyl (C=O) groups excluding carboxylic acids is 1. The zero-order valence-electron chi connectivity index (χ0n) is 9.82. The molecule has 90 valence electrons. The van der Waals surface area contributed by atoms with Gasteiger partial charge >= 0.3 is 11.9 Å². The molecule has 0 heterocycles. The lowest BCUT2D eigenvalue weighted by atomic mass is 9.82. The van der Waals surface area contributed by atoms with Crippen LogP contribution in [0.5, 0.6) is 0 Å². The second kappa shape index (κ2) is 6.11. The number of nitrogens with zero attached hydrogens (tertiary/aromatic N) is 1. The molecule has 0 saturated heterocycles. The molecular formula is C11H17NO4. The Balaban J connectivity index is 4.91. The van der Waals surface area contributed by atoms with Gasteiger partial charge in [0.15, 0.2) is 11.5 Å². The summed E-state index contributed by atoms with van der Waals surface area (Å²) in [5.41, 5.74) is -1.52. The molecule has 0 aliphatic heterocycles. The normalized spacial score (nSPS) is 12.6. The summed E-state index contributed by atoms with van der Waals surface area (Å²) in [5.74, 6) is -2.02. The molecule has 16 heavy (non-hydrogen) atoms. The molecule has 0 spiro atoms. The van der Waals surface area contributed by atoms with Gasteiger partial charge in [-0.05, 0) is 19.3 Å². The van der Waals surface area contributed by atoms with Crippen LogP contribution in [0.25, 0.3) is 0 Å². The molecule has 1 atom stereocenters. The fourth-order valence-electron chi connectivity index (χ4n) is 1.37. The highest BCUT2D eigenvalue weighted by Gasteiger charge is 2.45. The van der Waals surface area contributed by atoms with Gasteiger partial charge in [0.05, 0.1) is 0 Å². The van der Waals surface area contributed by atoms with Crippen LogP contribution < -0.4 is 0 Å². The van der Waals surface area contributed by atoms with E-state index in [9.17, 15) is 9.59 Å². The van der Waals surface area contributed by atoms with Gasteiger partial charge in [0, 0.05) is 0 Å². The highest BCUT2D eigenvalue weighted by molar-refractivity contribution is 5.99. The van der Waals surface area contributed by atoms with E-state index >= 15 is 0 Å². The first-order chi connectivity index (χ1) is 7.48. The maximum Gasteiger partial charge on any atom is 0.324 e. The predicted octanol–water partition coefficient (Wildman–Crippen LogP) is 1.72. The highest BCUT2D eigenvalue weighted by Crippen LogP contribution is 2.29. The van der Waals surface area contributed by atoms with Crippen molar-refractivity contribution in [3.8, 4) is 6.07 Å². The van der Waals surface area contributed by atoms with E-state index in [0.29, 0.717) is 6.42 Å². The molecule has 0 bridgehead atoms. The van der Waals surface area contributed by atoms with E-state index in [2.05, 4.69) is 0 Å². The monoisotopic (exact) mass is 227 g/mol. The van der Waals surface area contributed by atoms with Crippen LogP contribution in [-0.4, -0.2) is 23.1 Å². The number of carboxylic acids is 1. The Labute approximate surface area is 95.0 Å². The maximum absolute atomic E-state index is 11.7. The third-order valence-electron chi connectivity index (χ3n) is 2.77. The Hall–Kier alpha value is -1.57. The number of ether oxygens (including phenoxy) is 1. The van der Waals surface area contributed by atoms with Crippen LogP contribution in [0.15, 0.2) is 0 Å². The van der Waals surface area contributed by atoms with Crippen molar-refractivity contribution < 1.29 is 19.4 Å². The number of hydrogen-bond acceptors (Lipinski definition) is 4. The Morgan fingerprint density at radius 3 is 2.12 bits per heavy atom. The third kappa shape index (κ3) is 2.72. The van der Waals surface area contributed by atoms with Crippen LogP contribution in [0.4, 0.5) is 0 Å². The van der Waals surface area contributed by atoms with Gasteiger partial charge in [-0.2, -0.15) is 5.26 Å². The highest BCUT2D eigenvalue weighted by atomic mass is 16.5. The average molecular weight is 227 g/mol. The molecule has 0 aromatic carbocycles. The number of carbonyl (C=O) groups is 2. The molecule has 0 aliphatic carbocycles. The Morgan fingerprint density at radius 1 is 1.38 bits per heavy atom. The minimum absolute atomic E-state index is 0.152. The lowest BCUT2D eigenvalue weighted by Gasteiger charge is -2.25. The van der Waals surface area contributed by atoms with Crippen molar-refractivity contribution in [2.75, 3.05) is 0 Å². The van der Waals surface area contributed by atoms with Gasteiger partial charge in [0.25, 0.3) is 0 Å². The summed E-state index contributed by atoms with van der Waals surface area (Å²) >= 11 is 0. The van der Waals surface area contributed by atoms with Crippen LogP contribution in [-0.2, 0) is 14.3 Å². The minimum atomic E-state index is -1.52. The van der Waals surface area contributed by atoms with Gasteiger partial charge in [-0.25, -0.2) is 0 Å². The van der Waals surface area contributed by atoms with E-state index in [1.54, 1.807) is 26.8 Å². The Morgan fingerprint density at radius 2 is 1.88 bits per heavy atom. The average Bonchev–Trinajstić information content (AvgIpc) is 2.27. The number of nitriles is 1. The third-order valence-corrected chi connectivity index (χ3v) is 2.77. The van der Waals surface area contributed by atoms with Crippen molar-refractivity contribution in [3.63, 3.8) is 0 Å². The van der Waals surface area contributed by atoms with Crippen molar-refractivity contribution >= 4 is 11.9 Å². The molecule has 0 aromatic heterocycles. The van der Waals surface area contributed by atoms with Crippen LogP contribution >= 0.6 is 0 Å². The first-order valence-corrected chi connectivity index (χ1v) is 5.32. The molecule has 1 N–H and O–H groups in total. The molecule has 5 heteroatoms. The van der Waals surface area contributed by atoms with E-state index in [0.717, 1.165) is 0 Å². The topological polar surface area (TPSA) is 87.4 Å². The largest absolute Gasteiger partial charge is 0.480 e. The second-order valence-electron chi connectivity index (χ2n) is 3.53. The van der Waals surface area contributed by atoms with E-state index in [-0.39, 0.29) is 12.8 Å². The fourth-order valence-corrected chi connectivity index (χ4v) is 1.37. The summed E-state index contributed by atoms with van der Waals surface area (Å²) in [4.78, 5) is 22.8. The molecule has 0 fully saturated rings. The first kappa shape index (κ1) is 14.4. The van der Waals surface area contributed by atoms with Crippen LogP contribution in [0.2, 0.25) is 0 Å². The van der Waals surface area contributed by atoms with E-state index in [1.807, 2.05) is 0 Å². The lowest BCUT2D eigenvalue weighted by Crippen LogP contribution is -2.41. The predicted molar refractivity (Wildman–Crippen MR) is 56.4 cm³/mol. The van der Waals surface area contributed by atoms with Crippen molar-refractivity contribution in [3.05, 3.63) is 0 Å². The molecule has 0 rings (SSSR count). The summed E-state index contributed by atoms with van der Waals surface area (Å²) in [6.07, 6.45) is -0.214. The molecule has 0 amide bonds. The molecule has 0 aliphatic rings. The molecule has 0 aromatic rings. The Bertz CT molecular complexity index is 302. The number of rotatable bonds is 6. The zero-order valence-corrected chi connectivity index (χ0v) is 9.82. The quantitative estimate of drug-likeness (QED) is 0.551. The van der Waals surface area contributed by atoms with Crippen LogP contribution in [0, 0.1) is 16.7 Å². The second-order valence-corrected chi connectivity index (χ2v) is 3.53. The zero-order chi connectivity index (χ0) is 12.8. The van der Waals surface area contributed by atoms with E-state index in [1.165, 1.54) is 0 Å². The van der Waals surface area contributed by atoms with Crippen molar-refractivity contribution in [1.29, 1.82) is 5.26 Å². The lowest BCUT2D eigenvalue weighted by molar-refractivity contribution is -0.171. The fraction of sp³-hybridized carbons (Fsp3) is 0.727. The molecule has 5 nitrogen and oxygen atoms in total. The first-order valence-electron chi connectivity index (χ1n) is 5.32. The summed E-state index contributed by atoms with van der Waals surface area (Å²) < 4.78 is 4.88. The summed E-state index contributed by atoms with van der Waals surface area (Å²) in [7, 11) is 0. The van der Waals surface area contributed by atoms with Crippen molar-refractivity contribution in [1.82, 2.24) is 0 Å². The number of aliphatic carboxylic acids is 1. The molecular weight excluding hydrogens is 210 g/mol. The van der Waals surface area contributed by atoms with Crippen LogP contribution in [0.1, 0.15) is 40.0 Å². The standard InChI is InChI=1S/C11H17NO4/c1-4-8(7-12)16-10(15)11(5-2,6-3)9(13)14/h8H,4-6H2,1-3H3,(H,13,14). The van der Waals surface area contributed by atoms with E-state index < -0.39 is 23.5 Å². The number of carboxylic acid groups (broad SMARTS) is 1.